The van der Waals surface area contributed by atoms with Crippen LogP contribution in [0.15, 0.2) is 34.7 Å². The zero-order valence-corrected chi connectivity index (χ0v) is 14.2. The minimum absolute atomic E-state index is 0.0728. The molecular weight excluding hydrogens is 304 g/mol. The second kappa shape index (κ2) is 7.07. The van der Waals surface area contributed by atoms with Gasteiger partial charge in [-0.15, -0.1) is 0 Å². The number of fused-ring (bicyclic) bond motifs is 1. The quantitative estimate of drug-likeness (QED) is 0.887. The molecule has 0 bridgehead atoms. The van der Waals surface area contributed by atoms with E-state index in [9.17, 15) is 9.59 Å². The summed E-state index contributed by atoms with van der Waals surface area (Å²) >= 11 is 0. The topological polar surface area (TPSA) is 62.6 Å². The highest BCUT2D eigenvalue weighted by Crippen LogP contribution is 2.20. The molecule has 1 fully saturated rings. The number of likely N-dealkylation sites (tertiary alicyclic amines) is 1. The van der Waals surface area contributed by atoms with Gasteiger partial charge in [-0.3, -0.25) is 9.59 Å². The average molecular weight is 328 g/mol. The van der Waals surface area contributed by atoms with Crippen LogP contribution in [0.4, 0.5) is 0 Å². The minimum Gasteiger partial charge on any atom is -0.461 e. The van der Waals surface area contributed by atoms with Crippen molar-refractivity contribution < 1.29 is 14.0 Å². The molecule has 1 atom stereocenters. The smallest absolute Gasteiger partial charge is 0.243 e. The second-order valence-electron chi connectivity index (χ2n) is 6.67. The molecule has 0 spiro atoms. The number of carbonyl (C=O) groups excluding carboxylic acids is 2. The van der Waals surface area contributed by atoms with Crippen LogP contribution in [0.1, 0.15) is 32.4 Å². The second-order valence-corrected chi connectivity index (χ2v) is 6.67. The van der Waals surface area contributed by atoms with Gasteiger partial charge in [0.2, 0.25) is 11.8 Å². The lowest BCUT2D eigenvalue weighted by molar-refractivity contribution is -0.139. The van der Waals surface area contributed by atoms with E-state index in [1.54, 1.807) is 4.90 Å². The van der Waals surface area contributed by atoms with Crippen molar-refractivity contribution in [2.75, 3.05) is 13.1 Å². The lowest BCUT2D eigenvalue weighted by atomic mass is 10.0. The number of nitrogens with one attached hydrogen (secondary N) is 1. The van der Waals surface area contributed by atoms with Gasteiger partial charge in [-0.1, -0.05) is 32.0 Å². The first-order chi connectivity index (χ1) is 11.6. The van der Waals surface area contributed by atoms with Crippen molar-refractivity contribution in [3.63, 3.8) is 0 Å². The van der Waals surface area contributed by atoms with Crippen LogP contribution >= 0.6 is 0 Å². The summed E-state index contributed by atoms with van der Waals surface area (Å²) in [6.45, 7) is 5.15. The Bertz CT molecular complexity index is 702. The molecule has 1 aliphatic rings. The van der Waals surface area contributed by atoms with Crippen LogP contribution in [0.3, 0.4) is 0 Å². The average Bonchev–Trinajstić information content (AvgIpc) is 3.13. The third kappa shape index (κ3) is 3.45. The number of benzene rings is 1. The van der Waals surface area contributed by atoms with E-state index < -0.39 is 0 Å². The van der Waals surface area contributed by atoms with Gasteiger partial charge >= 0.3 is 0 Å². The van der Waals surface area contributed by atoms with Gasteiger partial charge in [0.1, 0.15) is 17.4 Å². The van der Waals surface area contributed by atoms with Crippen molar-refractivity contribution in [1.82, 2.24) is 10.2 Å². The monoisotopic (exact) mass is 328 g/mol. The van der Waals surface area contributed by atoms with Crippen molar-refractivity contribution >= 4 is 22.8 Å². The molecule has 1 aromatic carbocycles. The van der Waals surface area contributed by atoms with Crippen molar-refractivity contribution in [2.24, 2.45) is 5.92 Å². The SMILES string of the molecule is CC(C)[C@H](C(=O)NCCc1cc2ccccc2o1)N1CCCC1=O. The number of furan rings is 1. The molecule has 1 saturated heterocycles. The number of rotatable bonds is 6. The largest absolute Gasteiger partial charge is 0.461 e. The van der Waals surface area contributed by atoms with Crippen LogP contribution in [0.25, 0.3) is 11.0 Å². The summed E-state index contributed by atoms with van der Waals surface area (Å²) in [5, 5.41) is 4.03. The molecule has 0 unspecified atom stereocenters. The fourth-order valence-electron chi connectivity index (χ4n) is 3.34. The molecule has 0 aliphatic carbocycles. The number of para-hydroxylation sites is 1. The number of hydrogen-bond acceptors (Lipinski definition) is 3. The number of nitrogens with zero attached hydrogens (tertiary/aromatic N) is 1. The van der Waals surface area contributed by atoms with Gasteiger partial charge in [0.15, 0.2) is 0 Å². The Hall–Kier alpha value is -2.30. The Morgan fingerprint density at radius 3 is 2.79 bits per heavy atom. The van der Waals surface area contributed by atoms with E-state index in [-0.39, 0.29) is 23.8 Å². The van der Waals surface area contributed by atoms with Gasteiger partial charge in [0, 0.05) is 31.3 Å². The summed E-state index contributed by atoms with van der Waals surface area (Å²) in [6, 6.07) is 9.49. The molecule has 2 amide bonds. The molecule has 2 heterocycles. The van der Waals surface area contributed by atoms with E-state index in [2.05, 4.69) is 5.32 Å². The van der Waals surface area contributed by atoms with Crippen molar-refractivity contribution in [3.8, 4) is 0 Å². The zero-order valence-electron chi connectivity index (χ0n) is 14.2. The zero-order chi connectivity index (χ0) is 17.1. The highest BCUT2D eigenvalue weighted by molar-refractivity contribution is 5.88. The third-order valence-corrected chi connectivity index (χ3v) is 4.49. The van der Waals surface area contributed by atoms with Crippen molar-refractivity contribution in [2.45, 2.75) is 39.2 Å². The maximum absolute atomic E-state index is 12.5. The Kier molecular flexibility index (Phi) is 4.88. The Balaban J connectivity index is 1.58. The van der Waals surface area contributed by atoms with Crippen LogP contribution in [-0.4, -0.2) is 35.8 Å². The van der Waals surface area contributed by atoms with Crippen LogP contribution in [0, 0.1) is 5.92 Å². The van der Waals surface area contributed by atoms with Crippen molar-refractivity contribution in [3.05, 3.63) is 36.1 Å². The fourth-order valence-corrected chi connectivity index (χ4v) is 3.34. The van der Waals surface area contributed by atoms with E-state index in [1.807, 2.05) is 44.2 Å². The molecule has 24 heavy (non-hydrogen) atoms. The van der Waals surface area contributed by atoms with Gasteiger partial charge in [0.05, 0.1) is 0 Å². The summed E-state index contributed by atoms with van der Waals surface area (Å²) in [4.78, 5) is 26.2. The van der Waals surface area contributed by atoms with Gasteiger partial charge in [-0.25, -0.2) is 0 Å². The van der Waals surface area contributed by atoms with Crippen LogP contribution in [0.5, 0.6) is 0 Å². The van der Waals surface area contributed by atoms with Gasteiger partial charge in [-0.05, 0) is 24.5 Å². The summed E-state index contributed by atoms with van der Waals surface area (Å²) in [5.74, 6) is 0.964. The Labute approximate surface area is 142 Å². The van der Waals surface area contributed by atoms with E-state index >= 15 is 0 Å². The highest BCUT2D eigenvalue weighted by atomic mass is 16.3. The molecule has 1 aliphatic heterocycles. The molecule has 2 aromatic rings. The fraction of sp³-hybridized carbons (Fsp3) is 0.474. The highest BCUT2D eigenvalue weighted by Gasteiger charge is 2.34. The molecule has 1 aromatic heterocycles. The first kappa shape index (κ1) is 16.6. The summed E-state index contributed by atoms with van der Waals surface area (Å²) in [7, 11) is 0. The molecule has 1 N–H and O–H groups in total. The van der Waals surface area contributed by atoms with E-state index in [4.69, 9.17) is 4.42 Å². The van der Waals surface area contributed by atoms with Crippen molar-refractivity contribution in [1.29, 1.82) is 0 Å². The third-order valence-electron chi connectivity index (χ3n) is 4.49. The van der Waals surface area contributed by atoms with Gasteiger partial charge < -0.3 is 14.6 Å². The summed E-state index contributed by atoms with van der Waals surface area (Å²) in [6.07, 6.45) is 2.03. The maximum atomic E-state index is 12.5. The molecule has 5 heteroatoms. The predicted molar refractivity (Wildman–Crippen MR) is 92.5 cm³/mol. The van der Waals surface area contributed by atoms with E-state index in [0.717, 1.165) is 23.2 Å². The first-order valence-electron chi connectivity index (χ1n) is 8.61. The molecule has 0 saturated carbocycles. The number of hydrogen-bond donors (Lipinski definition) is 1. The predicted octanol–water partition coefficient (Wildman–Crippen LogP) is 2.74. The number of carbonyl (C=O) groups is 2. The number of amides is 2. The minimum atomic E-state index is -0.379. The lowest BCUT2D eigenvalue weighted by Gasteiger charge is -2.29. The standard InChI is InChI=1S/C19H24N2O3/c1-13(2)18(21-11-5-8-17(21)22)19(23)20-10-9-15-12-14-6-3-4-7-16(14)24-15/h3-4,6-7,12-13,18H,5,8-11H2,1-2H3,(H,20,23)/t18-/m1/s1. The van der Waals surface area contributed by atoms with Gasteiger partial charge in [-0.2, -0.15) is 0 Å². The van der Waals surface area contributed by atoms with Crippen LogP contribution < -0.4 is 5.32 Å². The normalized spacial score (nSPS) is 16.1. The molecular formula is C19H24N2O3. The molecule has 3 rings (SSSR count). The molecule has 128 valence electrons. The van der Waals surface area contributed by atoms with Crippen LogP contribution in [0.2, 0.25) is 0 Å². The van der Waals surface area contributed by atoms with Crippen LogP contribution in [-0.2, 0) is 16.0 Å². The summed E-state index contributed by atoms with van der Waals surface area (Å²) in [5.41, 5.74) is 0.863. The van der Waals surface area contributed by atoms with E-state index in [1.165, 1.54) is 0 Å². The Morgan fingerprint density at radius 1 is 1.33 bits per heavy atom. The lowest BCUT2D eigenvalue weighted by Crippen LogP contribution is -2.50. The summed E-state index contributed by atoms with van der Waals surface area (Å²) < 4.78 is 5.76. The maximum Gasteiger partial charge on any atom is 0.243 e. The Morgan fingerprint density at radius 2 is 2.12 bits per heavy atom. The van der Waals surface area contributed by atoms with E-state index in [0.29, 0.717) is 25.9 Å². The first-order valence-corrected chi connectivity index (χ1v) is 8.61. The van der Waals surface area contributed by atoms with Gasteiger partial charge in [0.25, 0.3) is 0 Å². The molecule has 5 nitrogen and oxygen atoms in total. The molecule has 0 radical (unpaired) electrons.